The maximum Gasteiger partial charge on any atom is 0.0991 e. The third kappa shape index (κ3) is 5.02. The van der Waals surface area contributed by atoms with Crippen molar-refractivity contribution in [2.45, 2.75) is 0 Å². The molecule has 1 aromatic heterocycles. The van der Waals surface area contributed by atoms with Gasteiger partial charge < -0.3 is 4.57 Å². The van der Waals surface area contributed by atoms with E-state index in [1.165, 1.54) is 54.6 Å². The van der Waals surface area contributed by atoms with Gasteiger partial charge in [0, 0.05) is 16.3 Å². The molecule has 0 N–H and O–H groups in total. The molecule has 0 spiro atoms. The molecule has 0 aliphatic rings. The number of para-hydroxylation sites is 2. The fourth-order valence-corrected chi connectivity index (χ4v) is 8.29. The lowest BCUT2D eigenvalue weighted by Gasteiger charge is -2.18. The van der Waals surface area contributed by atoms with Crippen LogP contribution in [-0.2, 0) is 0 Å². The molecule has 0 atom stereocenters. The first-order valence-electron chi connectivity index (χ1n) is 18.0. The summed E-state index contributed by atoms with van der Waals surface area (Å²) in [5.74, 6) is 0. The van der Waals surface area contributed by atoms with Crippen LogP contribution in [0.1, 0.15) is 5.56 Å². The highest BCUT2D eigenvalue weighted by molar-refractivity contribution is 6.21. The maximum atomic E-state index is 10.0. The number of benzene rings is 9. The Morgan fingerprint density at radius 1 is 0.340 bits per heavy atom. The van der Waals surface area contributed by atoms with Crippen LogP contribution in [0.5, 0.6) is 0 Å². The van der Waals surface area contributed by atoms with Gasteiger partial charge in [-0.15, -0.1) is 0 Å². The van der Waals surface area contributed by atoms with E-state index in [1.54, 1.807) is 0 Å². The average Bonchev–Trinajstić information content (AvgIpc) is 3.57. The summed E-state index contributed by atoms with van der Waals surface area (Å²) < 4.78 is 2.34. The summed E-state index contributed by atoms with van der Waals surface area (Å²) in [6.07, 6.45) is 0. The molecule has 0 amide bonds. The van der Waals surface area contributed by atoms with Gasteiger partial charge in [-0.25, -0.2) is 0 Å². The third-order valence-electron chi connectivity index (χ3n) is 10.6. The minimum absolute atomic E-state index is 0.634. The number of fused-ring (bicyclic) bond motifs is 5. The molecular weight excluding hydrogens is 641 g/mol. The second-order valence-corrected chi connectivity index (χ2v) is 13.6. The van der Waals surface area contributed by atoms with E-state index in [4.69, 9.17) is 0 Å². The van der Waals surface area contributed by atoms with Crippen molar-refractivity contribution in [3.8, 4) is 56.3 Å². The van der Waals surface area contributed by atoms with Crippen LogP contribution >= 0.6 is 0 Å². The second kappa shape index (κ2) is 12.5. The highest BCUT2D eigenvalue weighted by Gasteiger charge is 2.18. The standard InChI is InChI=1S/C51H32N2/c52-33-34-28-29-49(53-47-26-10-8-20-40(47)41-21-9-11-27-48(41)53)46(30-34)38-18-12-16-36(31-38)37-17-13-19-39(32-37)51-44-24-6-4-22-42(44)50(35-14-2-1-3-15-35)43-23-5-7-25-45(43)51/h1-32H. The Balaban J connectivity index is 1.15. The quantitative estimate of drug-likeness (QED) is 0.167. The summed E-state index contributed by atoms with van der Waals surface area (Å²) in [4.78, 5) is 0. The molecule has 0 aliphatic heterocycles. The van der Waals surface area contributed by atoms with E-state index >= 15 is 0 Å². The Morgan fingerprint density at radius 2 is 0.774 bits per heavy atom. The fraction of sp³-hybridized carbons (Fsp3) is 0. The van der Waals surface area contributed by atoms with Gasteiger partial charge in [0.05, 0.1) is 28.4 Å². The Labute approximate surface area is 308 Å². The van der Waals surface area contributed by atoms with Crippen LogP contribution in [0.3, 0.4) is 0 Å². The van der Waals surface area contributed by atoms with Crippen molar-refractivity contribution in [3.63, 3.8) is 0 Å². The molecule has 0 bridgehead atoms. The predicted molar refractivity (Wildman–Crippen MR) is 222 cm³/mol. The first-order chi connectivity index (χ1) is 26.3. The first-order valence-corrected chi connectivity index (χ1v) is 18.0. The zero-order valence-corrected chi connectivity index (χ0v) is 28.9. The number of hydrogen-bond acceptors (Lipinski definition) is 1. The molecular formula is C51H32N2. The Kier molecular flexibility index (Phi) is 7.23. The number of rotatable bonds is 5. The molecule has 1 heterocycles. The van der Waals surface area contributed by atoms with Crippen molar-refractivity contribution in [1.29, 1.82) is 5.26 Å². The topological polar surface area (TPSA) is 28.7 Å². The van der Waals surface area contributed by atoms with Gasteiger partial charge >= 0.3 is 0 Å². The minimum Gasteiger partial charge on any atom is -0.309 e. The molecule has 0 saturated carbocycles. The second-order valence-electron chi connectivity index (χ2n) is 13.6. The van der Waals surface area contributed by atoms with Crippen LogP contribution in [0.2, 0.25) is 0 Å². The van der Waals surface area contributed by atoms with Gasteiger partial charge in [-0.05, 0) is 103 Å². The van der Waals surface area contributed by atoms with Crippen molar-refractivity contribution >= 4 is 43.4 Å². The highest BCUT2D eigenvalue weighted by Crippen LogP contribution is 2.44. The fourth-order valence-electron chi connectivity index (χ4n) is 8.29. The molecule has 246 valence electrons. The minimum atomic E-state index is 0.634. The predicted octanol–water partition coefficient (Wildman–Crippen LogP) is 13.6. The van der Waals surface area contributed by atoms with Crippen LogP contribution in [0.4, 0.5) is 0 Å². The van der Waals surface area contributed by atoms with Crippen molar-refractivity contribution in [2.24, 2.45) is 0 Å². The molecule has 53 heavy (non-hydrogen) atoms. The van der Waals surface area contributed by atoms with Crippen molar-refractivity contribution in [2.75, 3.05) is 0 Å². The lowest BCUT2D eigenvalue weighted by atomic mass is 9.85. The Hall–Kier alpha value is -7.21. The SMILES string of the molecule is N#Cc1ccc(-n2c3ccccc3c3ccccc32)c(-c2cccc(-c3cccc(-c4c5ccccc5c(-c5ccccc5)c5ccccc45)c3)c2)c1. The van der Waals surface area contributed by atoms with Crippen LogP contribution in [-0.4, -0.2) is 4.57 Å². The molecule has 9 aromatic carbocycles. The van der Waals surface area contributed by atoms with Crippen LogP contribution in [0.15, 0.2) is 194 Å². The van der Waals surface area contributed by atoms with Gasteiger partial charge in [0.25, 0.3) is 0 Å². The number of nitrogens with zero attached hydrogens (tertiary/aromatic N) is 2. The third-order valence-corrected chi connectivity index (χ3v) is 10.6. The molecule has 0 saturated heterocycles. The largest absolute Gasteiger partial charge is 0.309 e. The average molecular weight is 673 g/mol. The summed E-state index contributed by atoms with van der Waals surface area (Å²) in [5.41, 5.74) is 13.2. The lowest BCUT2D eigenvalue weighted by Crippen LogP contribution is -1.98. The molecule has 2 nitrogen and oxygen atoms in total. The van der Waals surface area contributed by atoms with Crippen molar-refractivity contribution in [3.05, 3.63) is 200 Å². The van der Waals surface area contributed by atoms with E-state index in [-0.39, 0.29) is 0 Å². The molecule has 0 aliphatic carbocycles. The molecule has 0 fully saturated rings. The van der Waals surface area contributed by atoms with Gasteiger partial charge in [-0.3, -0.25) is 0 Å². The lowest BCUT2D eigenvalue weighted by molar-refractivity contribution is 1.18. The molecule has 2 heteroatoms. The zero-order valence-electron chi connectivity index (χ0n) is 28.9. The van der Waals surface area contributed by atoms with Crippen molar-refractivity contribution < 1.29 is 0 Å². The number of aromatic nitrogens is 1. The smallest absolute Gasteiger partial charge is 0.0991 e. The van der Waals surface area contributed by atoms with Gasteiger partial charge in [0.1, 0.15) is 0 Å². The molecule has 10 aromatic rings. The van der Waals surface area contributed by atoms with Crippen LogP contribution < -0.4 is 0 Å². The van der Waals surface area contributed by atoms with Gasteiger partial charge in [-0.2, -0.15) is 5.26 Å². The van der Waals surface area contributed by atoms with E-state index in [1.807, 2.05) is 12.1 Å². The number of hydrogen-bond donors (Lipinski definition) is 0. The summed E-state index contributed by atoms with van der Waals surface area (Å²) >= 11 is 0. The van der Waals surface area contributed by atoms with E-state index in [9.17, 15) is 5.26 Å². The van der Waals surface area contributed by atoms with Crippen LogP contribution in [0.25, 0.3) is 93.5 Å². The van der Waals surface area contributed by atoms with Gasteiger partial charge in [-0.1, -0.05) is 152 Å². The first kappa shape index (κ1) is 30.6. The highest BCUT2D eigenvalue weighted by atomic mass is 15.0. The van der Waals surface area contributed by atoms with E-state index < -0.39 is 0 Å². The van der Waals surface area contributed by atoms with Crippen LogP contribution in [0, 0.1) is 11.3 Å². The van der Waals surface area contributed by atoms with Gasteiger partial charge in [0.15, 0.2) is 0 Å². The Bertz CT molecular complexity index is 2960. The Morgan fingerprint density at radius 3 is 1.34 bits per heavy atom. The number of nitriles is 1. The molecule has 0 unspecified atom stereocenters. The zero-order chi connectivity index (χ0) is 35.3. The summed E-state index contributed by atoms with van der Waals surface area (Å²) in [5, 5.41) is 17.4. The normalized spacial score (nSPS) is 11.4. The monoisotopic (exact) mass is 672 g/mol. The van der Waals surface area contributed by atoms with E-state index in [0.29, 0.717) is 5.56 Å². The summed E-state index contributed by atoms with van der Waals surface area (Å²) in [6.45, 7) is 0. The van der Waals surface area contributed by atoms with Gasteiger partial charge in [0.2, 0.25) is 0 Å². The maximum absolute atomic E-state index is 10.0. The summed E-state index contributed by atoms with van der Waals surface area (Å²) in [6, 6.07) is 71.6. The molecule has 0 radical (unpaired) electrons. The van der Waals surface area contributed by atoms with E-state index in [0.717, 1.165) is 39.0 Å². The van der Waals surface area contributed by atoms with Crippen molar-refractivity contribution in [1.82, 2.24) is 4.57 Å². The van der Waals surface area contributed by atoms with E-state index in [2.05, 4.69) is 193 Å². The molecule has 10 rings (SSSR count). The summed E-state index contributed by atoms with van der Waals surface area (Å²) in [7, 11) is 0.